The van der Waals surface area contributed by atoms with Gasteiger partial charge in [-0.2, -0.15) is 0 Å². The van der Waals surface area contributed by atoms with E-state index in [4.69, 9.17) is 10.1 Å². The Bertz CT molecular complexity index is 702. The van der Waals surface area contributed by atoms with E-state index in [9.17, 15) is 4.39 Å². The number of hydrogen-bond donors (Lipinski definition) is 1. The van der Waals surface area contributed by atoms with E-state index in [1.54, 1.807) is 13.2 Å². The van der Waals surface area contributed by atoms with Crippen LogP contribution in [0.25, 0.3) is 0 Å². The van der Waals surface area contributed by atoms with Crippen molar-refractivity contribution in [2.24, 2.45) is 0 Å². The van der Waals surface area contributed by atoms with E-state index in [0.717, 1.165) is 15.7 Å². The van der Waals surface area contributed by atoms with Gasteiger partial charge in [-0.3, -0.25) is 5.41 Å². The Balaban J connectivity index is 2.06. The number of fused-ring (bicyclic) bond motifs is 1. The second-order valence-electron chi connectivity index (χ2n) is 4.55. The molecule has 2 aromatic rings. The summed E-state index contributed by atoms with van der Waals surface area (Å²) in [6, 6.07) is 10.2. The average molecular weight is 335 g/mol. The summed E-state index contributed by atoms with van der Waals surface area (Å²) >= 11 is 3.43. The number of halogens is 2. The number of nitrogens with zero attached hydrogens (tertiary/aromatic N) is 1. The van der Waals surface area contributed by atoms with Crippen LogP contribution in [0.5, 0.6) is 5.75 Å². The maximum atomic E-state index is 13.3. The molecule has 102 valence electrons. The Hall–Kier alpha value is -1.88. The fourth-order valence-electron chi connectivity index (χ4n) is 2.38. The van der Waals surface area contributed by atoms with E-state index in [0.29, 0.717) is 17.9 Å². The number of nitrogens with one attached hydrogen (secondary N) is 1. The van der Waals surface area contributed by atoms with Crippen molar-refractivity contribution in [3.63, 3.8) is 0 Å². The molecule has 3 rings (SSSR count). The van der Waals surface area contributed by atoms with E-state index in [1.807, 2.05) is 23.1 Å². The third kappa shape index (κ3) is 2.08. The smallest absolute Gasteiger partial charge is 0.142 e. The van der Waals surface area contributed by atoms with Crippen LogP contribution in [0.1, 0.15) is 11.1 Å². The van der Waals surface area contributed by atoms with Crippen molar-refractivity contribution < 1.29 is 9.13 Å². The summed E-state index contributed by atoms with van der Waals surface area (Å²) in [6.45, 7) is 0.543. The van der Waals surface area contributed by atoms with Gasteiger partial charge in [-0.05, 0) is 35.9 Å². The van der Waals surface area contributed by atoms with Crippen LogP contribution in [0.2, 0.25) is 0 Å². The largest absolute Gasteiger partial charge is 0.495 e. The van der Waals surface area contributed by atoms with Gasteiger partial charge < -0.3 is 9.64 Å². The normalized spacial score (nSPS) is 13.6. The van der Waals surface area contributed by atoms with Crippen LogP contribution in [-0.2, 0) is 6.54 Å². The summed E-state index contributed by atoms with van der Waals surface area (Å²) in [6.07, 6.45) is 0. The van der Waals surface area contributed by atoms with Gasteiger partial charge in [-0.15, -0.1) is 0 Å². The predicted octanol–water partition coefficient (Wildman–Crippen LogP) is 3.94. The number of anilines is 1. The van der Waals surface area contributed by atoms with Gasteiger partial charge in [0.2, 0.25) is 0 Å². The first-order valence-electron chi connectivity index (χ1n) is 6.08. The third-order valence-corrected chi connectivity index (χ3v) is 3.85. The quantitative estimate of drug-likeness (QED) is 0.902. The molecule has 1 heterocycles. The summed E-state index contributed by atoms with van der Waals surface area (Å²) in [5.74, 6) is 0.652. The number of benzene rings is 2. The van der Waals surface area contributed by atoms with Crippen LogP contribution in [0.3, 0.4) is 0 Å². The Kier molecular flexibility index (Phi) is 3.22. The van der Waals surface area contributed by atoms with Gasteiger partial charge in [0, 0.05) is 10.0 Å². The zero-order valence-corrected chi connectivity index (χ0v) is 12.4. The van der Waals surface area contributed by atoms with Gasteiger partial charge in [-0.25, -0.2) is 4.39 Å². The highest BCUT2D eigenvalue weighted by Crippen LogP contribution is 2.36. The van der Waals surface area contributed by atoms with Gasteiger partial charge in [-0.1, -0.05) is 22.0 Å². The first-order chi connectivity index (χ1) is 9.60. The lowest BCUT2D eigenvalue weighted by molar-refractivity contribution is 0.415. The highest BCUT2D eigenvalue weighted by atomic mass is 79.9. The van der Waals surface area contributed by atoms with E-state index in [1.165, 1.54) is 12.1 Å². The SMILES string of the molecule is COc1ccc(Br)cc1N1Cc2ccc(F)cc2C1=N. The highest BCUT2D eigenvalue weighted by Gasteiger charge is 2.27. The van der Waals surface area contributed by atoms with Crippen LogP contribution in [0.15, 0.2) is 40.9 Å². The molecule has 5 heteroatoms. The minimum Gasteiger partial charge on any atom is -0.495 e. The molecular formula is C15H12BrFN2O. The molecule has 0 aromatic heterocycles. The molecule has 2 aromatic carbocycles. The van der Waals surface area contributed by atoms with E-state index in [-0.39, 0.29) is 11.7 Å². The summed E-state index contributed by atoms with van der Waals surface area (Å²) in [4.78, 5) is 1.81. The predicted molar refractivity (Wildman–Crippen MR) is 80.1 cm³/mol. The van der Waals surface area contributed by atoms with Crippen LogP contribution in [0.4, 0.5) is 10.1 Å². The minimum atomic E-state index is -0.323. The average Bonchev–Trinajstić information content (AvgIpc) is 2.76. The molecule has 0 saturated carbocycles. The molecule has 0 aliphatic carbocycles. The molecule has 1 N–H and O–H groups in total. The lowest BCUT2D eigenvalue weighted by Gasteiger charge is -2.21. The molecule has 0 spiro atoms. The lowest BCUT2D eigenvalue weighted by Crippen LogP contribution is -2.23. The molecule has 0 radical (unpaired) electrons. The van der Waals surface area contributed by atoms with Crippen molar-refractivity contribution in [1.29, 1.82) is 5.41 Å². The summed E-state index contributed by atoms with van der Waals surface area (Å²) in [7, 11) is 1.60. The van der Waals surface area contributed by atoms with Crippen molar-refractivity contribution in [2.75, 3.05) is 12.0 Å². The highest BCUT2D eigenvalue weighted by molar-refractivity contribution is 9.10. The molecule has 20 heavy (non-hydrogen) atoms. The Morgan fingerprint density at radius 3 is 2.80 bits per heavy atom. The molecule has 0 saturated heterocycles. The molecule has 0 bridgehead atoms. The standard InChI is InChI=1S/C15H12BrFN2O/c1-20-14-5-3-10(16)6-13(14)19-8-9-2-4-11(17)7-12(9)15(19)18/h2-7,18H,8H2,1H3. The maximum absolute atomic E-state index is 13.3. The van der Waals surface area contributed by atoms with Crippen molar-refractivity contribution in [2.45, 2.75) is 6.54 Å². The molecule has 1 aliphatic rings. The minimum absolute atomic E-state index is 0.288. The Labute approximate surface area is 124 Å². The van der Waals surface area contributed by atoms with Crippen molar-refractivity contribution in [3.8, 4) is 5.75 Å². The van der Waals surface area contributed by atoms with E-state index < -0.39 is 0 Å². The zero-order valence-electron chi connectivity index (χ0n) is 10.8. The number of amidine groups is 1. The molecule has 1 aliphatic heterocycles. The fourth-order valence-corrected chi connectivity index (χ4v) is 2.73. The fraction of sp³-hybridized carbons (Fsp3) is 0.133. The van der Waals surface area contributed by atoms with Gasteiger partial charge in [0.05, 0.1) is 19.3 Å². The van der Waals surface area contributed by atoms with Crippen LogP contribution in [0, 0.1) is 11.2 Å². The Morgan fingerprint density at radius 1 is 1.25 bits per heavy atom. The van der Waals surface area contributed by atoms with Gasteiger partial charge in [0.1, 0.15) is 17.4 Å². The van der Waals surface area contributed by atoms with Gasteiger partial charge >= 0.3 is 0 Å². The number of rotatable bonds is 2. The first-order valence-corrected chi connectivity index (χ1v) is 6.88. The molecule has 0 fully saturated rings. The number of ether oxygens (including phenoxy) is 1. The monoisotopic (exact) mass is 334 g/mol. The number of methoxy groups -OCH3 is 1. The van der Waals surface area contributed by atoms with Gasteiger partial charge in [0.25, 0.3) is 0 Å². The summed E-state index contributed by atoms with van der Waals surface area (Å²) in [5, 5.41) is 8.25. The van der Waals surface area contributed by atoms with E-state index >= 15 is 0 Å². The molecule has 0 atom stereocenters. The Morgan fingerprint density at radius 2 is 2.05 bits per heavy atom. The molecule has 3 nitrogen and oxygen atoms in total. The van der Waals surface area contributed by atoms with E-state index in [2.05, 4.69) is 15.9 Å². The lowest BCUT2D eigenvalue weighted by atomic mass is 10.1. The zero-order chi connectivity index (χ0) is 14.3. The molecule has 0 unspecified atom stereocenters. The van der Waals surface area contributed by atoms with Crippen molar-refractivity contribution in [3.05, 3.63) is 57.8 Å². The topological polar surface area (TPSA) is 36.3 Å². The second kappa shape index (κ2) is 4.90. The summed E-state index contributed by atoms with van der Waals surface area (Å²) < 4.78 is 19.6. The van der Waals surface area contributed by atoms with Crippen LogP contribution in [-0.4, -0.2) is 12.9 Å². The maximum Gasteiger partial charge on any atom is 0.142 e. The second-order valence-corrected chi connectivity index (χ2v) is 5.47. The van der Waals surface area contributed by atoms with Crippen molar-refractivity contribution >= 4 is 27.5 Å². The first kappa shape index (κ1) is 13.1. The molecular weight excluding hydrogens is 323 g/mol. The molecule has 0 amide bonds. The third-order valence-electron chi connectivity index (χ3n) is 3.36. The van der Waals surface area contributed by atoms with Crippen LogP contribution >= 0.6 is 15.9 Å². The number of hydrogen-bond acceptors (Lipinski definition) is 2. The van der Waals surface area contributed by atoms with Crippen LogP contribution < -0.4 is 9.64 Å². The summed E-state index contributed by atoms with van der Waals surface area (Å²) in [5.41, 5.74) is 2.37. The van der Waals surface area contributed by atoms with Gasteiger partial charge in [0.15, 0.2) is 0 Å². The van der Waals surface area contributed by atoms with Crippen molar-refractivity contribution in [1.82, 2.24) is 0 Å².